The van der Waals surface area contributed by atoms with Gasteiger partial charge >= 0.3 is 23.9 Å². The molecule has 0 aromatic heterocycles. The van der Waals surface area contributed by atoms with E-state index < -0.39 is 198 Å². The number of cyclic esters (lactones) is 4. The highest BCUT2D eigenvalue weighted by Crippen LogP contribution is 2.30. The number of phenolic OH excluding ortho intramolecular Hbond substituents is 3. The van der Waals surface area contributed by atoms with Gasteiger partial charge in [-0.25, -0.2) is 14.4 Å². The Morgan fingerprint density at radius 1 is 0.381 bits per heavy atom. The van der Waals surface area contributed by atoms with Crippen molar-refractivity contribution in [1.29, 1.82) is 0 Å². The number of benzene rings is 6. The van der Waals surface area contributed by atoms with Gasteiger partial charge < -0.3 is 106 Å². The lowest BCUT2D eigenvalue weighted by Gasteiger charge is -2.41. The molecule has 6 fully saturated rings. The van der Waals surface area contributed by atoms with Gasteiger partial charge in [0, 0.05) is 33.3 Å². The number of phenols is 3. The standard InChI is InChI=1S/C29H35N3O8.C28H33N3O8.C28H32N2O9/c1-16-25(34)20(15-18-9-5-4-6-10-18)30-27(36)23(31-26(35)19-11-7-8-12-21(19)33)17(2)40-29(38)24(22-13-14-39-22)32(3)28(16)37;1-15-24(33)19(14-17-8-4-3-5-9-17)29-27(36)22(30-26(35)18-10-6-7-11-20(18)32)16(2)39-28(37)23(31-25(15)34)21-12-13-38-21;1-15-23(32)19(14-17-8-4-3-5-9-17)29-26(34)22(30-25(33)18-10-6-7-11-20(18)31)16(2)38-28(36)24(39-27(15)35)21-12-13-37-21/h4-12,16-17,20,22-25,33-34H,13-15H2,1-3H3,(H,30,36)(H,31,35);3-11,15-16,19,21-24,32-33H,12-14H2,1-2H3,(H,29,36)(H,30,35)(H,31,34);3-11,15-16,19,21-24,31-32H,12-14H2,1-2H3,(H,29,34)(H,30,33)/t16-,17-,20+,22?,23+,24?,25+;15-,16-,19+,21?,22+,23?,24+;15-,16-,19+,21?,22+,23+,24?/m111/s1. The van der Waals surface area contributed by atoms with Crippen LogP contribution < -0.4 is 37.2 Å². The van der Waals surface area contributed by atoms with Gasteiger partial charge in [0.05, 0.1) is 83.1 Å². The lowest BCUT2D eigenvalue weighted by atomic mass is 9.90. The Morgan fingerprint density at radius 3 is 1.05 bits per heavy atom. The van der Waals surface area contributed by atoms with Crippen LogP contribution in [-0.2, 0) is 95.6 Å². The average molecular weight is 1630 g/mol. The maximum atomic E-state index is 13.7. The van der Waals surface area contributed by atoms with Crippen LogP contribution in [0, 0.1) is 17.8 Å². The topological polar surface area (TPSA) is 478 Å². The van der Waals surface area contributed by atoms with Crippen molar-refractivity contribution in [3.63, 3.8) is 0 Å². The largest absolute Gasteiger partial charge is 0.507 e. The molecule has 6 aromatic carbocycles. The first-order chi connectivity index (χ1) is 56.4. The Morgan fingerprint density at radius 2 is 0.703 bits per heavy atom. The van der Waals surface area contributed by atoms with Gasteiger partial charge in [0.15, 0.2) is 12.1 Å². The summed E-state index contributed by atoms with van der Waals surface area (Å²) >= 11 is 0. The minimum Gasteiger partial charge on any atom is -0.507 e. The molecule has 33 heteroatoms. The minimum absolute atomic E-state index is 0.0690. The Balaban J connectivity index is 0.000000186. The highest BCUT2D eigenvalue weighted by molar-refractivity contribution is 6.02. The predicted molar refractivity (Wildman–Crippen MR) is 418 cm³/mol. The van der Waals surface area contributed by atoms with Crippen molar-refractivity contribution >= 4 is 71.1 Å². The van der Waals surface area contributed by atoms with Gasteiger partial charge in [-0.3, -0.25) is 43.2 Å². The van der Waals surface area contributed by atoms with E-state index >= 15 is 0 Å². The Labute approximate surface area is 680 Å². The summed E-state index contributed by atoms with van der Waals surface area (Å²) in [6.45, 7) is 9.97. The van der Waals surface area contributed by atoms with Crippen molar-refractivity contribution in [2.24, 2.45) is 17.8 Å². The fourth-order valence-corrected chi connectivity index (χ4v) is 14.1. The number of nitrogens with zero attached hydrogens (tertiary/aromatic N) is 1. The van der Waals surface area contributed by atoms with E-state index in [1.165, 1.54) is 89.9 Å². The fourth-order valence-electron chi connectivity index (χ4n) is 14.1. The SMILES string of the molecule is C[C@H]1OC(=O)C(C2CCO2)N(C)C(=O)[C@H](C)[C@H](O)[C@H](Cc2ccccc2)NC(=O)[C@H]1NC(=O)c1ccccc1O.C[C@H]1OC(=O)C(C2CCO2)NC(=O)[C@H](C)[C@H](O)[C@H](Cc2ccccc2)NC(=O)[C@H]1NC(=O)c1ccccc1O.C[C@H]1OC(=O)C(C2CCO2)OC(=O)[C@H](C)[C@H](O)[C@H](Cc2ccccc2)NC(=O)[C@H]1NC(=O)c1ccccc1O. The predicted octanol–water partition coefficient (Wildman–Crippen LogP) is 2.07. The van der Waals surface area contributed by atoms with E-state index in [4.69, 9.17) is 33.2 Å². The smallest absolute Gasteiger partial charge is 0.350 e. The lowest BCUT2D eigenvalue weighted by Crippen LogP contribution is -2.62. The first kappa shape index (κ1) is 88.5. The number of esters is 4. The van der Waals surface area contributed by atoms with Crippen LogP contribution in [0.2, 0.25) is 0 Å². The molecule has 0 saturated carbocycles. The van der Waals surface area contributed by atoms with E-state index in [9.17, 15) is 88.2 Å². The van der Waals surface area contributed by atoms with Crippen molar-refractivity contribution in [2.45, 2.75) is 189 Å². The summed E-state index contributed by atoms with van der Waals surface area (Å²) in [4.78, 5) is 160. The number of ether oxygens (including phenoxy) is 7. The number of aromatic hydroxyl groups is 3. The highest BCUT2D eigenvalue weighted by Gasteiger charge is 2.49. The molecule has 118 heavy (non-hydrogen) atoms. The number of likely N-dealkylation sites (N-methyl/N-ethyl adjacent to an activating group) is 1. The molecule has 8 amide bonds. The van der Waals surface area contributed by atoms with Crippen LogP contribution in [0.3, 0.4) is 0 Å². The minimum atomic E-state index is -1.42. The van der Waals surface area contributed by atoms with Gasteiger partial charge in [0.2, 0.25) is 35.6 Å². The zero-order valence-electron chi connectivity index (χ0n) is 66.0. The van der Waals surface area contributed by atoms with Crippen LogP contribution in [-0.4, -0.2) is 243 Å². The van der Waals surface area contributed by atoms with Crippen LogP contribution in [0.4, 0.5) is 0 Å². The summed E-state index contributed by atoms with van der Waals surface area (Å²) < 4.78 is 38.6. The second-order valence-corrected chi connectivity index (χ2v) is 29.9. The average Bonchev–Trinajstić information content (AvgIpc) is 0.488. The highest BCUT2D eigenvalue weighted by atomic mass is 16.6. The number of hydrogen-bond donors (Lipinski definition) is 13. The fraction of sp³-hybridized carbons (Fsp3) is 0.435. The zero-order chi connectivity index (χ0) is 85.2. The molecule has 0 bridgehead atoms. The Bertz CT molecular complexity index is 4350. The van der Waals surface area contributed by atoms with E-state index in [1.807, 2.05) is 78.9 Å². The monoisotopic (exact) mass is 1630 g/mol. The summed E-state index contributed by atoms with van der Waals surface area (Å²) in [7, 11) is 1.46. The number of amides is 8. The number of nitrogens with one attached hydrogen (secondary N) is 7. The van der Waals surface area contributed by atoms with Gasteiger partial charge in [0.1, 0.15) is 59.8 Å². The van der Waals surface area contributed by atoms with E-state index in [1.54, 1.807) is 48.5 Å². The van der Waals surface area contributed by atoms with E-state index in [0.29, 0.717) is 39.1 Å². The van der Waals surface area contributed by atoms with Crippen molar-refractivity contribution in [1.82, 2.24) is 42.1 Å². The Kier molecular flexibility index (Phi) is 30.6. The van der Waals surface area contributed by atoms with Gasteiger partial charge in [-0.05, 0) is 113 Å². The molecule has 6 aromatic rings. The maximum absolute atomic E-state index is 13.7. The summed E-state index contributed by atoms with van der Waals surface area (Å²) in [5.74, 6) is -13.0. The van der Waals surface area contributed by atoms with Gasteiger partial charge in [0.25, 0.3) is 17.7 Å². The van der Waals surface area contributed by atoms with Crippen molar-refractivity contribution in [3.05, 3.63) is 197 Å². The number of para-hydroxylation sites is 3. The molecule has 0 radical (unpaired) electrons. The molecule has 12 rings (SSSR count). The van der Waals surface area contributed by atoms with E-state index in [2.05, 4.69) is 37.2 Å². The van der Waals surface area contributed by atoms with Gasteiger partial charge in [-0.15, -0.1) is 0 Å². The zero-order valence-corrected chi connectivity index (χ0v) is 66.0. The Hall–Kier alpha value is -11.9. The molecule has 6 aliphatic heterocycles. The number of aliphatic hydroxyl groups excluding tert-OH is 3. The molecule has 0 spiro atoms. The van der Waals surface area contributed by atoms with E-state index in [0.717, 1.165) is 16.7 Å². The summed E-state index contributed by atoms with van der Waals surface area (Å²) in [5, 5.41) is 82.7. The van der Waals surface area contributed by atoms with Crippen LogP contribution in [0.25, 0.3) is 0 Å². The quantitative estimate of drug-likeness (QED) is 0.0517. The first-order valence-corrected chi connectivity index (χ1v) is 39.0. The van der Waals surface area contributed by atoms with Gasteiger partial charge in [-0.1, -0.05) is 141 Å². The van der Waals surface area contributed by atoms with Crippen LogP contribution >= 0.6 is 0 Å². The van der Waals surface area contributed by atoms with Crippen molar-refractivity contribution < 1.29 is 121 Å². The molecule has 6 aliphatic rings. The third-order valence-electron chi connectivity index (χ3n) is 21.6. The molecule has 33 nitrogen and oxygen atoms in total. The molecule has 0 aliphatic carbocycles. The molecule has 630 valence electrons. The third-order valence-corrected chi connectivity index (χ3v) is 21.6. The van der Waals surface area contributed by atoms with E-state index in [-0.39, 0.29) is 53.2 Å². The van der Waals surface area contributed by atoms with Gasteiger partial charge in [-0.2, -0.15) is 0 Å². The number of carbonyl (C=O) groups is 12. The second kappa shape index (κ2) is 40.8. The maximum Gasteiger partial charge on any atom is 0.350 e. The van der Waals surface area contributed by atoms with Crippen molar-refractivity contribution in [3.8, 4) is 17.2 Å². The van der Waals surface area contributed by atoms with Crippen molar-refractivity contribution in [2.75, 3.05) is 26.9 Å². The lowest BCUT2D eigenvalue weighted by molar-refractivity contribution is -0.198. The summed E-state index contributed by atoms with van der Waals surface area (Å²) in [6.07, 6.45) is -9.00. The molecular formula is C85H100N8O25. The number of rotatable bonds is 15. The normalized spacial score (nSPS) is 29.9. The first-order valence-electron chi connectivity index (χ1n) is 39.0. The molecule has 13 N–H and O–H groups in total. The van der Waals surface area contributed by atoms with Crippen LogP contribution in [0.5, 0.6) is 17.2 Å². The summed E-state index contributed by atoms with van der Waals surface area (Å²) in [6, 6.07) is 35.5. The molecular weight excluding hydrogens is 1530 g/mol. The number of aliphatic hydroxyl groups is 3. The van der Waals surface area contributed by atoms with Crippen LogP contribution in [0.1, 0.15) is 109 Å². The third kappa shape index (κ3) is 22.2. The summed E-state index contributed by atoms with van der Waals surface area (Å²) in [5.41, 5.74) is 2.17. The molecule has 6 saturated heterocycles. The molecule has 6 heterocycles. The molecule has 21 atom stereocenters. The van der Waals surface area contributed by atoms with Crippen LogP contribution in [0.15, 0.2) is 164 Å². The number of carbonyl (C=O) groups excluding carboxylic acids is 12. The number of hydrogen-bond acceptors (Lipinski definition) is 25. The second-order valence-electron chi connectivity index (χ2n) is 29.9. The molecule has 6 unspecified atom stereocenters.